The third-order valence-corrected chi connectivity index (χ3v) is 6.69. The van der Waals surface area contributed by atoms with Gasteiger partial charge in [-0.3, -0.25) is 9.59 Å². The molecule has 2 bridgehead atoms. The van der Waals surface area contributed by atoms with Crippen LogP contribution in [-0.4, -0.2) is 23.6 Å². The molecule has 2 aliphatic heterocycles. The fourth-order valence-corrected chi connectivity index (χ4v) is 5.22. The minimum Gasteiger partial charge on any atom is -0.397 e. The number of pyridine rings is 1. The Hall–Kier alpha value is -3.25. The van der Waals surface area contributed by atoms with Gasteiger partial charge in [-0.05, 0) is 54.3 Å². The van der Waals surface area contributed by atoms with E-state index in [0.29, 0.717) is 34.7 Å². The molecule has 0 unspecified atom stereocenters. The standard InChI is InChI=1S/C25H25ClN4O2/c26-20-4-1-3-16(10-20)12-28-25(32)18-7-8-23(21(27)11-18)29-13-17-9-19(15-29)22-5-2-6-24(31)30(22)14-17/h1-8,10-11,17,19H,9,12-15,27H2,(H,28,32)/t17-,19+/m1/s1. The van der Waals surface area contributed by atoms with Crippen LogP contribution in [0.15, 0.2) is 65.5 Å². The first-order valence-electron chi connectivity index (χ1n) is 10.8. The Morgan fingerprint density at radius 2 is 1.91 bits per heavy atom. The molecule has 7 heteroatoms. The number of nitrogens with one attached hydrogen (secondary N) is 1. The lowest BCUT2D eigenvalue weighted by Gasteiger charge is -2.44. The number of carbonyl (C=O) groups excluding carboxylic acids is 1. The van der Waals surface area contributed by atoms with Crippen LogP contribution in [0.1, 0.15) is 34.0 Å². The molecule has 3 aromatic rings. The number of carbonyl (C=O) groups is 1. The molecule has 5 rings (SSSR count). The zero-order valence-corrected chi connectivity index (χ0v) is 18.4. The number of anilines is 2. The average molecular weight is 449 g/mol. The van der Waals surface area contributed by atoms with Crippen molar-refractivity contribution >= 4 is 28.9 Å². The van der Waals surface area contributed by atoms with Crippen LogP contribution in [0, 0.1) is 5.92 Å². The normalized spacial score (nSPS) is 19.3. The topological polar surface area (TPSA) is 80.4 Å². The van der Waals surface area contributed by atoms with Crippen molar-refractivity contribution in [1.82, 2.24) is 9.88 Å². The van der Waals surface area contributed by atoms with E-state index < -0.39 is 0 Å². The molecule has 1 aromatic heterocycles. The van der Waals surface area contributed by atoms with Crippen molar-refractivity contribution in [1.29, 1.82) is 0 Å². The zero-order valence-electron chi connectivity index (χ0n) is 17.6. The molecule has 0 aliphatic carbocycles. The van der Waals surface area contributed by atoms with Crippen molar-refractivity contribution in [3.8, 4) is 0 Å². The number of aromatic nitrogens is 1. The van der Waals surface area contributed by atoms with Gasteiger partial charge in [0.05, 0.1) is 11.4 Å². The van der Waals surface area contributed by atoms with E-state index in [0.717, 1.165) is 43.0 Å². The third kappa shape index (κ3) is 3.98. The maximum Gasteiger partial charge on any atom is 0.251 e. The molecule has 1 fully saturated rings. The fraction of sp³-hybridized carbons (Fsp3) is 0.280. The number of hydrogen-bond donors (Lipinski definition) is 2. The lowest BCUT2D eigenvalue weighted by atomic mass is 9.83. The molecule has 1 saturated heterocycles. The fourth-order valence-electron chi connectivity index (χ4n) is 5.01. The molecule has 3 heterocycles. The molecule has 2 atom stereocenters. The van der Waals surface area contributed by atoms with Gasteiger partial charge >= 0.3 is 0 Å². The quantitative estimate of drug-likeness (QED) is 0.597. The molecule has 3 N–H and O–H groups in total. The summed E-state index contributed by atoms with van der Waals surface area (Å²) in [5.74, 6) is 0.532. The Balaban J connectivity index is 1.31. The number of piperidine rings is 1. The highest BCUT2D eigenvalue weighted by Gasteiger charge is 2.35. The van der Waals surface area contributed by atoms with E-state index in [9.17, 15) is 9.59 Å². The highest BCUT2D eigenvalue weighted by Crippen LogP contribution is 2.38. The highest BCUT2D eigenvalue weighted by molar-refractivity contribution is 6.30. The van der Waals surface area contributed by atoms with Crippen molar-refractivity contribution < 1.29 is 4.79 Å². The van der Waals surface area contributed by atoms with E-state index in [2.05, 4.69) is 16.3 Å². The maximum absolute atomic E-state index is 12.6. The first-order valence-corrected chi connectivity index (χ1v) is 11.2. The summed E-state index contributed by atoms with van der Waals surface area (Å²) in [7, 11) is 0. The maximum atomic E-state index is 12.6. The van der Waals surface area contributed by atoms with Crippen LogP contribution < -0.4 is 21.5 Å². The monoisotopic (exact) mass is 448 g/mol. The zero-order chi connectivity index (χ0) is 22.2. The van der Waals surface area contributed by atoms with Gasteiger partial charge in [-0.2, -0.15) is 0 Å². The van der Waals surface area contributed by atoms with Crippen LogP contribution in [0.4, 0.5) is 11.4 Å². The van der Waals surface area contributed by atoms with Gasteiger partial charge in [-0.15, -0.1) is 0 Å². The molecule has 6 nitrogen and oxygen atoms in total. The van der Waals surface area contributed by atoms with Gasteiger partial charge in [-0.25, -0.2) is 0 Å². The Morgan fingerprint density at radius 1 is 1.06 bits per heavy atom. The molecular weight excluding hydrogens is 424 g/mol. The van der Waals surface area contributed by atoms with E-state index in [1.165, 1.54) is 0 Å². The summed E-state index contributed by atoms with van der Waals surface area (Å²) in [5.41, 5.74) is 10.6. The van der Waals surface area contributed by atoms with Crippen molar-refractivity contribution in [3.05, 3.63) is 92.9 Å². The van der Waals surface area contributed by atoms with Gasteiger partial charge in [0.15, 0.2) is 0 Å². The number of nitrogen functional groups attached to an aromatic ring is 1. The Morgan fingerprint density at radius 3 is 2.72 bits per heavy atom. The van der Waals surface area contributed by atoms with E-state index in [4.69, 9.17) is 17.3 Å². The molecule has 164 valence electrons. The summed E-state index contributed by atoms with van der Waals surface area (Å²) in [6.45, 7) is 2.80. The smallest absolute Gasteiger partial charge is 0.251 e. The summed E-state index contributed by atoms with van der Waals surface area (Å²) in [5, 5.41) is 3.56. The van der Waals surface area contributed by atoms with Gasteiger partial charge in [0.1, 0.15) is 0 Å². The van der Waals surface area contributed by atoms with Crippen molar-refractivity contribution in [2.24, 2.45) is 5.92 Å². The lowest BCUT2D eigenvalue weighted by molar-refractivity contribution is 0.0951. The van der Waals surface area contributed by atoms with Crippen molar-refractivity contribution in [2.45, 2.75) is 25.4 Å². The highest BCUT2D eigenvalue weighted by atomic mass is 35.5. The second-order valence-electron chi connectivity index (χ2n) is 8.69. The average Bonchev–Trinajstić information content (AvgIpc) is 2.78. The van der Waals surface area contributed by atoms with Crippen LogP contribution in [0.5, 0.6) is 0 Å². The molecular formula is C25H25ClN4O2. The lowest BCUT2D eigenvalue weighted by Crippen LogP contribution is -2.47. The van der Waals surface area contributed by atoms with E-state index in [-0.39, 0.29) is 11.5 Å². The molecule has 1 amide bonds. The largest absolute Gasteiger partial charge is 0.397 e. The first-order chi connectivity index (χ1) is 15.5. The summed E-state index contributed by atoms with van der Waals surface area (Å²) in [4.78, 5) is 27.2. The Bertz CT molecular complexity index is 1240. The Kier molecular flexibility index (Phi) is 5.39. The van der Waals surface area contributed by atoms with Crippen LogP contribution in [-0.2, 0) is 13.1 Å². The van der Waals surface area contributed by atoms with Gasteiger partial charge in [-0.1, -0.05) is 29.8 Å². The SMILES string of the molecule is Nc1cc(C(=O)NCc2cccc(Cl)c2)ccc1N1C[C@H]2C[C@@H](C1)c1cccc(=O)n1C2. The molecule has 0 radical (unpaired) electrons. The third-order valence-electron chi connectivity index (χ3n) is 6.45. The van der Waals surface area contributed by atoms with Crippen LogP contribution in [0.3, 0.4) is 0 Å². The van der Waals surface area contributed by atoms with Crippen LogP contribution >= 0.6 is 11.6 Å². The molecule has 32 heavy (non-hydrogen) atoms. The number of rotatable bonds is 4. The molecule has 0 saturated carbocycles. The van der Waals surface area contributed by atoms with Crippen molar-refractivity contribution in [3.63, 3.8) is 0 Å². The summed E-state index contributed by atoms with van der Waals surface area (Å²) in [6, 6.07) is 18.5. The first kappa shape index (κ1) is 20.6. The van der Waals surface area contributed by atoms with Gasteiger partial charge < -0.3 is 20.5 Å². The number of benzene rings is 2. The van der Waals surface area contributed by atoms with E-state index in [1.807, 2.05) is 41.0 Å². The number of hydrogen-bond acceptors (Lipinski definition) is 4. The number of halogens is 1. The summed E-state index contributed by atoms with van der Waals surface area (Å²) in [6.07, 6.45) is 1.09. The number of nitrogens with two attached hydrogens (primary N) is 1. The van der Waals surface area contributed by atoms with Gasteiger partial charge in [0.2, 0.25) is 0 Å². The minimum absolute atomic E-state index is 0.0818. The summed E-state index contributed by atoms with van der Waals surface area (Å²) >= 11 is 6.01. The number of amides is 1. The van der Waals surface area contributed by atoms with Gasteiger partial charge in [0.25, 0.3) is 11.5 Å². The predicted octanol–water partition coefficient (Wildman–Crippen LogP) is 3.64. The molecule has 0 spiro atoms. The van der Waals surface area contributed by atoms with Gasteiger partial charge in [0, 0.05) is 54.4 Å². The van der Waals surface area contributed by atoms with Crippen LogP contribution in [0.2, 0.25) is 5.02 Å². The van der Waals surface area contributed by atoms with Crippen molar-refractivity contribution in [2.75, 3.05) is 23.7 Å². The second kappa shape index (κ2) is 8.36. The second-order valence-corrected chi connectivity index (χ2v) is 9.13. The molecule has 2 aliphatic rings. The summed E-state index contributed by atoms with van der Waals surface area (Å²) < 4.78 is 1.92. The predicted molar refractivity (Wildman–Crippen MR) is 127 cm³/mol. The van der Waals surface area contributed by atoms with E-state index in [1.54, 1.807) is 18.2 Å². The minimum atomic E-state index is -0.174. The van der Waals surface area contributed by atoms with E-state index >= 15 is 0 Å². The molecule has 2 aromatic carbocycles. The van der Waals surface area contributed by atoms with Crippen LogP contribution in [0.25, 0.3) is 0 Å². The Labute approximate surface area is 191 Å². The number of fused-ring (bicyclic) bond motifs is 4. The number of nitrogens with zero attached hydrogens (tertiary/aromatic N) is 2.